The number of rotatable bonds is 7. The van der Waals surface area contributed by atoms with Crippen LogP contribution in [0, 0.1) is 5.92 Å². The lowest BCUT2D eigenvalue weighted by Gasteiger charge is -2.43. The molecule has 5 heterocycles. The van der Waals surface area contributed by atoms with Gasteiger partial charge in [-0.05, 0) is 77.5 Å². The molecule has 1 aliphatic carbocycles. The van der Waals surface area contributed by atoms with Crippen molar-refractivity contribution in [1.29, 1.82) is 0 Å². The Bertz CT molecular complexity index is 1770. The third-order valence-corrected chi connectivity index (χ3v) is 8.57. The minimum Gasteiger partial charge on any atom is -0.444 e. The highest BCUT2D eigenvalue weighted by atomic mass is 16.6. The van der Waals surface area contributed by atoms with Crippen molar-refractivity contribution < 1.29 is 9.53 Å². The Morgan fingerprint density at radius 3 is 2.59 bits per heavy atom. The summed E-state index contributed by atoms with van der Waals surface area (Å²) in [5.41, 5.74) is 1.27. The number of hydrogen-bond donors (Lipinski definition) is 0. The fourth-order valence-corrected chi connectivity index (χ4v) is 5.96. The lowest BCUT2D eigenvalue weighted by molar-refractivity contribution is 0.00736. The Labute approximate surface area is 255 Å². The fourth-order valence-electron chi connectivity index (χ4n) is 5.96. The molecule has 1 saturated heterocycles. The highest BCUT2D eigenvalue weighted by molar-refractivity contribution is 5.69. The van der Waals surface area contributed by atoms with Gasteiger partial charge < -0.3 is 14.5 Å². The van der Waals surface area contributed by atoms with Gasteiger partial charge in [-0.3, -0.25) is 18.6 Å². The van der Waals surface area contributed by atoms with Gasteiger partial charge in [0.2, 0.25) is 0 Å². The van der Waals surface area contributed by atoms with E-state index in [2.05, 4.69) is 20.2 Å². The molecule has 2 aliphatic rings. The van der Waals surface area contributed by atoms with Crippen LogP contribution < -0.4 is 16.0 Å². The zero-order valence-electron chi connectivity index (χ0n) is 25.8. The number of piperidine rings is 1. The van der Waals surface area contributed by atoms with Crippen molar-refractivity contribution in [2.75, 3.05) is 24.5 Å². The minimum absolute atomic E-state index is 0.0193. The number of amides is 1. The molecule has 0 bridgehead atoms. The average Bonchev–Trinajstić information content (AvgIpc) is 3.46. The van der Waals surface area contributed by atoms with Gasteiger partial charge in [-0.25, -0.2) is 14.5 Å². The molecule has 0 radical (unpaired) electrons. The summed E-state index contributed by atoms with van der Waals surface area (Å²) in [6, 6.07) is 10.4. The van der Waals surface area contributed by atoms with E-state index in [0.29, 0.717) is 29.5 Å². The largest absolute Gasteiger partial charge is 0.444 e. The standard InChI is InChI=1S/C32H40N8O4/c1-22(40-21-27(34-35-40)26-18-30(42)38-15-6-5-12-28(38)33-26)37-16-13-24(17-29(37)41)36-14-8-11-25(20-36)39(19-23-9-7-10-23)31(43)44-32(2,3)4/h5-6,12-13,15-18,21-23,25H,7-11,14,19-20H2,1-4H3/t22?,25-/m1/s1. The molecular weight excluding hydrogens is 560 g/mol. The number of carbonyl (C=O) groups is 1. The van der Waals surface area contributed by atoms with Crippen molar-refractivity contribution in [3.05, 3.63) is 75.7 Å². The van der Waals surface area contributed by atoms with Gasteiger partial charge in [0.25, 0.3) is 11.1 Å². The van der Waals surface area contributed by atoms with Crippen LogP contribution >= 0.6 is 0 Å². The molecule has 6 rings (SSSR count). The number of pyridine rings is 2. The van der Waals surface area contributed by atoms with Gasteiger partial charge in [-0.2, -0.15) is 0 Å². The number of anilines is 1. The first-order valence-corrected chi connectivity index (χ1v) is 15.4. The van der Waals surface area contributed by atoms with Crippen molar-refractivity contribution in [2.45, 2.75) is 77.6 Å². The van der Waals surface area contributed by atoms with Crippen LogP contribution in [0.2, 0.25) is 0 Å². The molecular formula is C32H40N8O4. The molecule has 4 aromatic heterocycles. The van der Waals surface area contributed by atoms with Gasteiger partial charge in [-0.1, -0.05) is 17.7 Å². The molecule has 0 aromatic carbocycles. The first-order valence-electron chi connectivity index (χ1n) is 15.4. The van der Waals surface area contributed by atoms with Crippen LogP contribution in [0.4, 0.5) is 10.5 Å². The molecule has 1 amide bonds. The van der Waals surface area contributed by atoms with Crippen LogP contribution in [0.3, 0.4) is 0 Å². The Hall–Kier alpha value is -4.48. The van der Waals surface area contributed by atoms with Crippen molar-refractivity contribution >= 4 is 17.4 Å². The number of nitrogens with zero attached hydrogens (tertiary/aromatic N) is 8. The fraction of sp³-hybridized carbons (Fsp3) is 0.500. The second-order valence-corrected chi connectivity index (χ2v) is 12.9. The second-order valence-electron chi connectivity index (χ2n) is 12.9. The number of hydrogen-bond acceptors (Lipinski definition) is 8. The highest BCUT2D eigenvalue weighted by Crippen LogP contribution is 2.31. The summed E-state index contributed by atoms with van der Waals surface area (Å²) in [7, 11) is 0. The predicted molar refractivity (Wildman–Crippen MR) is 167 cm³/mol. The summed E-state index contributed by atoms with van der Waals surface area (Å²) < 4.78 is 10.4. The molecule has 2 atom stereocenters. The topological polar surface area (TPSA) is 120 Å². The maximum Gasteiger partial charge on any atom is 0.410 e. The van der Waals surface area contributed by atoms with Crippen LogP contribution in [-0.4, -0.2) is 71.2 Å². The van der Waals surface area contributed by atoms with Gasteiger partial charge in [-0.15, -0.1) is 5.10 Å². The smallest absolute Gasteiger partial charge is 0.410 e. The van der Waals surface area contributed by atoms with Crippen LogP contribution in [0.5, 0.6) is 0 Å². The summed E-state index contributed by atoms with van der Waals surface area (Å²) in [4.78, 5) is 47.8. The van der Waals surface area contributed by atoms with Crippen LogP contribution in [0.25, 0.3) is 17.0 Å². The summed E-state index contributed by atoms with van der Waals surface area (Å²) in [6.07, 6.45) is 9.76. The van der Waals surface area contributed by atoms with Gasteiger partial charge in [0.1, 0.15) is 28.8 Å². The maximum atomic E-state index is 13.4. The number of fused-ring (bicyclic) bond motifs is 1. The van der Waals surface area contributed by atoms with E-state index in [1.807, 2.05) is 44.7 Å². The Balaban J connectivity index is 1.18. The SMILES string of the molecule is CC(n1cc(-c2cc(=O)n3ccccc3n2)nn1)n1ccc(N2CCC[C@@H](N(CC3CCC3)C(=O)OC(C)(C)C)C2)cc1=O. The quantitative estimate of drug-likeness (QED) is 0.310. The van der Waals surface area contributed by atoms with Crippen LogP contribution in [0.1, 0.15) is 66.0 Å². The van der Waals surface area contributed by atoms with E-state index in [9.17, 15) is 14.4 Å². The van der Waals surface area contributed by atoms with Crippen molar-refractivity contribution in [2.24, 2.45) is 5.92 Å². The summed E-state index contributed by atoms with van der Waals surface area (Å²) >= 11 is 0. The maximum absolute atomic E-state index is 13.4. The van der Waals surface area contributed by atoms with Crippen molar-refractivity contribution in [1.82, 2.24) is 33.8 Å². The predicted octanol–water partition coefficient (Wildman–Crippen LogP) is 4.19. The molecule has 1 aliphatic heterocycles. The van der Waals surface area contributed by atoms with Gasteiger partial charge in [0.15, 0.2) is 0 Å². The van der Waals surface area contributed by atoms with Gasteiger partial charge in [0, 0.05) is 49.8 Å². The lowest BCUT2D eigenvalue weighted by Crippen LogP contribution is -2.53. The molecule has 12 nitrogen and oxygen atoms in total. The molecule has 2 fully saturated rings. The lowest BCUT2D eigenvalue weighted by atomic mass is 9.84. The van der Waals surface area contributed by atoms with E-state index in [4.69, 9.17) is 4.74 Å². The van der Waals surface area contributed by atoms with Crippen molar-refractivity contribution in [3.63, 3.8) is 0 Å². The van der Waals surface area contributed by atoms with Crippen LogP contribution in [0.15, 0.2) is 64.6 Å². The highest BCUT2D eigenvalue weighted by Gasteiger charge is 2.34. The molecule has 232 valence electrons. The number of aromatic nitrogens is 6. The molecule has 4 aromatic rings. The van der Waals surface area contributed by atoms with Crippen molar-refractivity contribution in [3.8, 4) is 11.4 Å². The summed E-state index contributed by atoms with van der Waals surface area (Å²) in [5, 5.41) is 8.47. The summed E-state index contributed by atoms with van der Waals surface area (Å²) in [5.74, 6) is 0.527. The summed E-state index contributed by atoms with van der Waals surface area (Å²) in [6.45, 7) is 9.74. The Morgan fingerprint density at radius 2 is 1.86 bits per heavy atom. The Kier molecular flexibility index (Phi) is 8.00. The first-order chi connectivity index (χ1) is 21.1. The third-order valence-electron chi connectivity index (χ3n) is 8.57. The second kappa shape index (κ2) is 11.9. The van der Waals surface area contributed by atoms with E-state index in [-0.39, 0.29) is 23.3 Å². The molecule has 0 N–H and O–H groups in total. The van der Waals surface area contributed by atoms with Gasteiger partial charge >= 0.3 is 6.09 Å². The number of carbonyl (C=O) groups excluding carboxylic acids is 1. The van der Waals surface area contributed by atoms with E-state index in [1.165, 1.54) is 16.9 Å². The molecule has 44 heavy (non-hydrogen) atoms. The normalized spacial score (nSPS) is 18.2. The zero-order valence-corrected chi connectivity index (χ0v) is 25.8. The van der Waals surface area contributed by atoms with E-state index < -0.39 is 11.8 Å². The number of ether oxygens (including phenoxy) is 1. The van der Waals surface area contributed by atoms with E-state index in [0.717, 1.165) is 44.5 Å². The van der Waals surface area contributed by atoms with Gasteiger partial charge in [0.05, 0.1) is 12.2 Å². The first kappa shape index (κ1) is 29.6. The third kappa shape index (κ3) is 6.24. The minimum atomic E-state index is -0.556. The monoisotopic (exact) mass is 600 g/mol. The molecule has 0 spiro atoms. The van der Waals surface area contributed by atoms with Crippen LogP contribution in [-0.2, 0) is 4.74 Å². The molecule has 12 heteroatoms. The zero-order chi connectivity index (χ0) is 31.0. The average molecular weight is 601 g/mol. The van der Waals surface area contributed by atoms with E-state index in [1.54, 1.807) is 46.0 Å². The molecule has 1 unspecified atom stereocenters. The van der Waals surface area contributed by atoms with E-state index >= 15 is 0 Å². The molecule has 1 saturated carbocycles. The Morgan fingerprint density at radius 1 is 1.05 bits per heavy atom.